The quantitative estimate of drug-likeness (QED) is 0.590. The molecule has 4 rings (SSSR count). The Morgan fingerprint density at radius 2 is 1.79 bits per heavy atom. The molecular formula is C21H24ClN5S. The van der Waals surface area contributed by atoms with Crippen LogP contribution in [0.5, 0.6) is 0 Å². The molecule has 3 aromatic rings. The molecule has 0 aliphatic carbocycles. The SMILES string of the molecule is CC(C)(C)c1ccc(C2=CC(N)(c3ccc4ncsc4c3)N=C(N)N2)cc1.Cl. The minimum Gasteiger partial charge on any atom is -0.370 e. The number of fused-ring (bicyclic) bond motifs is 1. The highest BCUT2D eigenvalue weighted by Crippen LogP contribution is 2.32. The van der Waals surface area contributed by atoms with E-state index < -0.39 is 5.66 Å². The molecule has 1 unspecified atom stereocenters. The maximum atomic E-state index is 6.66. The second kappa shape index (κ2) is 7.20. The molecule has 146 valence electrons. The Morgan fingerprint density at radius 1 is 1.07 bits per heavy atom. The van der Waals surface area contributed by atoms with E-state index in [9.17, 15) is 0 Å². The van der Waals surface area contributed by atoms with Crippen LogP contribution in [0.3, 0.4) is 0 Å². The van der Waals surface area contributed by atoms with Crippen LogP contribution in [0.4, 0.5) is 0 Å². The molecule has 1 aliphatic rings. The van der Waals surface area contributed by atoms with Gasteiger partial charge in [-0.3, -0.25) is 5.73 Å². The van der Waals surface area contributed by atoms with Gasteiger partial charge < -0.3 is 11.1 Å². The van der Waals surface area contributed by atoms with Gasteiger partial charge in [0.15, 0.2) is 11.6 Å². The number of rotatable bonds is 2. The molecule has 0 fully saturated rings. The average Bonchev–Trinajstić information content (AvgIpc) is 3.08. The molecule has 1 atom stereocenters. The fourth-order valence-corrected chi connectivity index (χ4v) is 3.93. The van der Waals surface area contributed by atoms with Gasteiger partial charge in [0, 0.05) is 5.70 Å². The van der Waals surface area contributed by atoms with Crippen molar-refractivity contribution in [2.24, 2.45) is 16.5 Å². The van der Waals surface area contributed by atoms with Gasteiger partial charge in [-0.2, -0.15) is 0 Å². The molecular weight excluding hydrogens is 390 g/mol. The first-order valence-corrected chi connectivity index (χ1v) is 9.71. The highest BCUT2D eigenvalue weighted by Gasteiger charge is 2.30. The number of nitrogens with zero attached hydrogens (tertiary/aromatic N) is 2. The Labute approximate surface area is 175 Å². The first-order valence-electron chi connectivity index (χ1n) is 8.83. The number of aromatic nitrogens is 1. The standard InChI is InChI=1S/C21H23N5S.ClH/c1-20(2,3)14-6-4-13(5-7-14)17-11-21(23,26-19(22)25-17)15-8-9-16-18(10-15)27-12-24-16;/h4-12H,23H2,1-3H3,(H3,22,25,26);1H. The van der Waals surface area contributed by atoms with Crippen LogP contribution in [0.1, 0.15) is 37.5 Å². The van der Waals surface area contributed by atoms with E-state index in [4.69, 9.17) is 11.5 Å². The number of hydrogen-bond acceptors (Lipinski definition) is 6. The third kappa shape index (κ3) is 3.76. The van der Waals surface area contributed by atoms with Gasteiger partial charge in [-0.1, -0.05) is 51.1 Å². The third-order valence-corrected chi connectivity index (χ3v) is 5.58. The molecule has 0 saturated carbocycles. The summed E-state index contributed by atoms with van der Waals surface area (Å²) in [5.74, 6) is 0.305. The normalized spacial score (nSPS) is 19.4. The molecule has 0 bridgehead atoms. The van der Waals surface area contributed by atoms with E-state index in [1.165, 1.54) is 5.56 Å². The molecule has 2 heterocycles. The highest BCUT2D eigenvalue weighted by atomic mass is 35.5. The molecule has 0 saturated heterocycles. The molecule has 0 spiro atoms. The fraction of sp³-hybridized carbons (Fsp3) is 0.238. The van der Waals surface area contributed by atoms with Crippen LogP contribution in [0, 0.1) is 0 Å². The van der Waals surface area contributed by atoms with Gasteiger partial charge in [-0.25, -0.2) is 9.98 Å². The van der Waals surface area contributed by atoms with E-state index in [1.54, 1.807) is 11.3 Å². The molecule has 5 N–H and O–H groups in total. The van der Waals surface area contributed by atoms with Crippen LogP contribution in [-0.4, -0.2) is 10.9 Å². The summed E-state index contributed by atoms with van der Waals surface area (Å²) in [5.41, 5.74) is 18.6. The molecule has 7 heteroatoms. The largest absolute Gasteiger partial charge is 0.370 e. The van der Waals surface area contributed by atoms with Crippen molar-refractivity contribution in [1.29, 1.82) is 0 Å². The number of guanidine groups is 1. The smallest absolute Gasteiger partial charge is 0.195 e. The average molecular weight is 414 g/mol. The van der Waals surface area contributed by atoms with Crippen LogP contribution < -0.4 is 16.8 Å². The van der Waals surface area contributed by atoms with Gasteiger partial charge in [0.2, 0.25) is 0 Å². The predicted molar refractivity (Wildman–Crippen MR) is 121 cm³/mol. The lowest BCUT2D eigenvalue weighted by molar-refractivity contribution is 0.585. The monoisotopic (exact) mass is 413 g/mol. The topological polar surface area (TPSA) is 89.3 Å². The fourth-order valence-electron chi connectivity index (χ4n) is 3.21. The highest BCUT2D eigenvalue weighted by molar-refractivity contribution is 7.16. The lowest BCUT2D eigenvalue weighted by Crippen LogP contribution is -2.44. The molecule has 1 aromatic heterocycles. The summed E-state index contributed by atoms with van der Waals surface area (Å²) in [6.07, 6.45) is 1.93. The van der Waals surface area contributed by atoms with Gasteiger partial charge in [0.1, 0.15) is 0 Å². The molecule has 0 radical (unpaired) electrons. The molecule has 28 heavy (non-hydrogen) atoms. The molecule has 1 aliphatic heterocycles. The van der Waals surface area contributed by atoms with E-state index in [0.717, 1.165) is 27.0 Å². The van der Waals surface area contributed by atoms with Crippen molar-refractivity contribution in [2.45, 2.75) is 31.8 Å². The zero-order valence-corrected chi connectivity index (χ0v) is 17.7. The van der Waals surface area contributed by atoms with E-state index in [0.29, 0.717) is 5.96 Å². The number of aliphatic imine (C=N–C) groups is 1. The van der Waals surface area contributed by atoms with Gasteiger partial charge in [0.25, 0.3) is 0 Å². The number of halogens is 1. The Bertz CT molecular complexity index is 1060. The van der Waals surface area contributed by atoms with Crippen molar-refractivity contribution in [3.63, 3.8) is 0 Å². The summed E-state index contributed by atoms with van der Waals surface area (Å²) in [6.45, 7) is 6.60. The van der Waals surface area contributed by atoms with Crippen molar-refractivity contribution in [2.75, 3.05) is 0 Å². The lowest BCUT2D eigenvalue weighted by Gasteiger charge is -2.29. The molecule has 0 amide bonds. The van der Waals surface area contributed by atoms with Crippen molar-refractivity contribution >= 4 is 45.6 Å². The number of hydrogen-bond donors (Lipinski definition) is 3. The molecule has 5 nitrogen and oxygen atoms in total. The second-order valence-corrected chi connectivity index (χ2v) is 8.75. The zero-order valence-electron chi connectivity index (χ0n) is 16.1. The summed E-state index contributed by atoms with van der Waals surface area (Å²) in [6, 6.07) is 14.4. The lowest BCUT2D eigenvalue weighted by atomic mass is 9.86. The van der Waals surface area contributed by atoms with E-state index in [2.05, 4.69) is 60.3 Å². The van der Waals surface area contributed by atoms with E-state index in [1.807, 2.05) is 29.8 Å². The van der Waals surface area contributed by atoms with Gasteiger partial charge in [-0.15, -0.1) is 23.7 Å². The van der Waals surface area contributed by atoms with Crippen LogP contribution in [0.15, 0.2) is 59.0 Å². The zero-order chi connectivity index (χ0) is 19.2. The maximum Gasteiger partial charge on any atom is 0.195 e. The predicted octanol–water partition coefficient (Wildman–Crippen LogP) is 4.09. The summed E-state index contributed by atoms with van der Waals surface area (Å²) < 4.78 is 1.08. The summed E-state index contributed by atoms with van der Waals surface area (Å²) >= 11 is 1.58. The first-order chi connectivity index (χ1) is 12.7. The number of thiazole rings is 1. The van der Waals surface area contributed by atoms with E-state index in [-0.39, 0.29) is 17.8 Å². The van der Waals surface area contributed by atoms with Crippen molar-refractivity contribution in [1.82, 2.24) is 10.3 Å². The molecule has 2 aromatic carbocycles. The number of nitrogens with one attached hydrogen (secondary N) is 1. The van der Waals surface area contributed by atoms with Gasteiger partial charge in [-0.05, 0) is 40.3 Å². The summed E-state index contributed by atoms with van der Waals surface area (Å²) in [4.78, 5) is 8.80. The van der Waals surface area contributed by atoms with Gasteiger partial charge >= 0.3 is 0 Å². The second-order valence-electron chi connectivity index (χ2n) is 7.87. The number of nitrogens with two attached hydrogens (primary N) is 2. The number of benzene rings is 2. The van der Waals surface area contributed by atoms with Crippen molar-refractivity contribution < 1.29 is 0 Å². The Balaban J connectivity index is 0.00000225. The summed E-state index contributed by atoms with van der Waals surface area (Å²) in [7, 11) is 0. The van der Waals surface area contributed by atoms with Crippen molar-refractivity contribution in [3.8, 4) is 0 Å². The Hall–Kier alpha value is -2.41. The van der Waals surface area contributed by atoms with Crippen LogP contribution in [-0.2, 0) is 11.1 Å². The van der Waals surface area contributed by atoms with E-state index >= 15 is 0 Å². The third-order valence-electron chi connectivity index (χ3n) is 4.79. The Morgan fingerprint density at radius 3 is 2.46 bits per heavy atom. The van der Waals surface area contributed by atoms with Gasteiger partial charge in [0.05, 0.1) is 15.7 Å². The maximum absolute atomic E-state index is 6.66. The van der Waals surface area contributed by atoms with Crippen LogP contribution >= 0.6 is 23.7 Å². The minimum atomic E-state index is -1.02. The first kappa shape index (κ1) is 20.3. The van der Waals surface area contributed by atoms with Crippen LogP contribution in [0.25, 0.3) is 15.9 Å². The minimum absolute atomic E-state index is 0. The van der Waals surface area contributed by atoms with Crippen molar-refractivity contribution in [3.05, 3.63) is 70.7 Å². The summed E-state index contributed by atoms with van der Waals surface area (Å²) in [5, 5.41) is 3.15. The van der Waals surface area contributed by atoms with Crippen LogP contribution in [0.2, 0.25) is 0 Å². The Kier molecular flexibility index (Phi) is 5.23.